The third kappa shape index (κ3) is 4.47. The molecule has 3 heterocycles. The molecule has 1 atom stereocenters. The topological polar surface area (TPSA) is 72.3 Å². The molecule has 24 heavy (non-hydrogen) atoms. The predicted molar refractivity (Wildman–Crippen MR) is 89.8 cm³/mol. The maximum atomic E-state index is 12.2. The van der Waals surface area contributed by atoms with E-state index in [0.717, 1.165) is 37.2 Å². The van der Waals surface area contributed by atoms with Gasteiger partial charge in [-0.3, -0.25) is 9.67 Å². The maximum absolute atomic E-state index is 12.2. The number of ether oxygens (including phenoxy) is 1. The number of amides is 2. The highest BCUT2D eigenvalue weighted by molar-refractivity contribution is 5.74. The Labute approximate surface area is 141 Å². The van der Waals surface area contributed by atoms with Crippen molar-refractivity contribution in [1.29, 1.82) is 0 Å². The Morgan fingerprint density at radius 1 is 1.46 bits per heavy atom. The van der Waals surface area contributed by atoms with Crippen LogP contribution in [-0.2, 0) is 6.54 Å². The van der Waals surface area contributed by atoms with Gasteiger partial charge < -0.3 is 15.0 Å². The predicted octanol–water partition coefficient (Wildman–Crippen LogP) is 1.84. The van der Waals surface area contributed by atoms with Crippen molar-refractivity contribution >= 4 is 6.03 Å². The van der Waals surface area contributed by atoms with Gasteiger partial charge in [0, 0.05) is 38.4 Å². The summed E-state index contributed by atoms with van der Waals surface area (Å²) in [4.78, 5) is 18.0. The van der Waals surface area contributed by atoms with Crippen LogP contribution in [0.2, 0.25) is 0 Å². The van der Waals surface area contributed by atoms with Gasteiger partial charge in [-0.25, -0.2) is 4.79 Å². The number of carbonyl (C=O) groups is 1. The molecule has 0 unspecified atom stereocenters. The van der Waals surface area contributed by atoms with E-state index in [1.54, 1.807) is 17.3 Å². The minimum Gasteiger partial charge on any atom is -0.487 e. The van der Waals surface area contributed by atoms with E-state index < -0.39 is 0 Å². The first-order valence-electron chi connectivity index (χ1n) is 8.29. The van der Waals surface area contributed by atoms with E-state index in [1.807, 2.05) is 36.1 Å². The van der Waals surface area contributed by atoms with Crippen LogP contribution in [0.4, 0.5) is 4.79 Å². The summed E-state index contributed by atoms with van der Waals surface area (Å²) in [5.41, 5.74) is 1.15. The average molecular weight is 329 g/mol. The Morgan fingerprint density at radius 3 is 3.12 bits per heavy atom. The number of nitrogens with zero attached hydrogens (tertiary/aromatic N) is 4. The summed E-state index contributed by atoms with van der Waals surface area (Å²) in [7, 11) is 0. The number of pyridine rings is 1. The fourth-order valence-corrected chi connectivity index (χ4v) is 2.76. The van der Waals surface area contributed by atoms with Crippen molar-refractivity contribution in [3.05, 3.63) is 42.5 Å². The van der Waals surface area contributed by atoms with Crippen LogP contribution in [0.3, 0.4) is 0 Å². The van der Waals surface area contributed by atoms with E-state index in [9.17, 15) is 4.79 Å². The molecule has 1 aliphatic rings. The second kappa shape index (κ2) is 7.81. The van der Waals surface area contributed by atoms with Crippen molar-refractivity contribution in [3.8, 4) is 5.75 Å². The number of rotatable bonds is 6. The number of urea groups is 1. The van der Waals surface area contributed by atoms with Gasteiger partial charge in [0.25, 0.3) is 0 Å². The van der Waals surface area contributed by atoms with E-state index in [4.69, 9.17) is 4.74 Å². The zero-order valence-corrected chi connectivity index (χ0v) is 13.9. The molecule has 0 aliphatic carbocycles. The van der Waals surface area contributed by atoms with Gasteiger partial charge in [0.05, 0.1) is 18.9 Å². The Bertz CT molecular complexity index is 658. The summed E-state index contributed by atoms with van der Waals surface area (Å²) in [5, 5.41) is 7.20. The van der Waals surface area contributed by atoms with Gasteiger partial charge in [-0.2, -0.15) is 5.10 Å². The van der Waals surface area contributed by atoms with Gasteiger partial charge in [-0.1, -0.05) is 0 Å². The molecule has 1 aliphatic heterocycles. The van der Waals surface area contributed by atoms with Crippen molar-refractivity contribution in [2.45, 2.75) is 32.4 Å². The lowest BCUT2D eigenvalue weighted by Crippen LogP contribution is -2.40. The first-order chi connectivity index (χ1) is 11.7. The molecule has 2 amide bonds. The van der Waals surface area contributed by atoms with Gasteiger partial charge in [-0.05, 0) is 31.0 Å². The van der Waals surface area contributed by atoms with Crippen LogP contribution in [0.5, 0.6) is 5.75 Å². The highest BCUT2D eigenvalue weighted by Crippen LogP contribution is 2.17. The third-order valence-corrected chi connectivity index (χ3v) is 3.97. The van der Waals surface area contributed by atoms with E-state index in [0.29, 0.717) is 13.1 Å². The number of aromatic nitrogens is 3. The summed E-state index contributed by atoms with van der Waals surface area (Å²) in [6, 6.07) is 3.70. The molecule has 1 N–H and O–H groups in total. The lowest BCUT2D eigenvalue weighted by atomic mass is 10.3. The second-order valence-electron chi connectivity index (χ2n) is 6.03. The smallest absolute Gasteiger partial charge is 0.317 e. The van der Waals surface area contributed by atoms with Gasteiger partial charge in [0.1, 0.15) is 11.9 Å². The molecule has 2 aromatic rings. The zero-order valence-electron chi connectivity index (χ0n) is 13.9. The molecule has 0 aromatic carbocycles. The zero-order chi connectivity index (χ0) is 16.8. The molecule has 0 radical (unpaired) electrons. The Balaban J connectivity index is 1.35. The molecule has 7 heteroatoms. The number of aryl methyl sites for hydroxylation is 2. The van der Waals surface area contributed by atoms with Crippen molar-refractivity contribution in [3.63, 3.8) is 0 Å². The van der Waals surface area contributed by atoms with Crippen molar-refractivity contribution in [1.82, 2.24) is 25.0 Å². The van der Waals surface area contributed by atoms with Crippen LogP contribution >= 0.6 is 0 Å². The van der Waals surface area contributed by atoms with Crippen molar-refractivity contribution < 1.29 is 9.53 Å². The minimum atomic E-state index is -0.0241. The fraction of sp³-hybridized carbons (Fsp3) is 0.471. The first kappa shape index (κ1) is 16.3. The van der Waals surface area contributed by atoms with Crippen LogP contribution in [0.25, 0.3) is 0 Å². The normalized spacial score (nSPS) is 17.0. The Morgan fingerprint density at radius 2 is 2.38 bits per heavy atom. The van der Waals surface area contributed by atoms with Crippen LogP contribution in [-0.4, -0.2) is 51.4 Å². The fourth-order valence-electron chi connectivity index (χ4n) is 2.76. The van der Waals surface area contributed by atoms with Gasteiger partial charge in [0.2, 0.25) is 0 Å². The third-order valence-electron chi connectivity index (χ3n) is 3.97. The standard InChI is InChI=1S/C17H23N5O2/c1-14-10-20-22(12-14)8-3-7-19-17(23)21-9-5-16(13-21)24-15-4-2-6-18-11-15/h2,4,6,10-12,16H,3,5,7-9,13H2,1H3,(H,19,23)/t16-/m0/s1. The number of hydrogen-bond acceptors (Lipinski definition) is 4. The monoisotopic (exact) mass is 329 g/mol. The average Bonchev–Trinajstić information content (AvgIpc) is 3.21. The lowest BCUT2D eigenvalue weighted by molar-refractivity contribution is 0.186. The lowest BCUT2D eigenvalue weighted by Gasteiger charge is -2.18. The van der Waals surface area contributed by atoms with E-state index >= 15 is 0 Å². The Hall–Kier alpha value is -2.57. The summed E-state index contributed by atoms with van der Waals surface area (Å²) in [6.07, 6.45) is 8.98. The molecule has 7 nitrogen and oxygen atoms in total. The summed E-state index contributed by atoms with van der Waals surface area (Å²) in [6.45, 7) is 4.79. The molecule has 0 saturated carbocycles. The first-order valence-corrected chi connectivity index (χ1v) is 8.29. The van der Waals surface area contributed by atoms with Crippen LogP contribution < -0.4 is 10.1 Å². The molecular weight excluding hydrogens is 306 g/mol. The van der Waals surface area contributed by atoms with Crippen molar-refractivity contribution in [2.75, 3.05) is 19.6 Å². The number of hydrogen-bond donors (Lipinski definition) is 1. The van der Waals surface area contributed by atoms with Gasteiger partial charge >= 0.3 is 6.03 Å². The summed E-state index contributed by atoms with van der Waals surface area (Å²) < 4.78 is 7.74. The molecule has 0 spiro atoms. The molecule has 2 aromatic heterocycles. The Kier molecular flexibility index (Phi) is 5.30. The van der Waals surface area contributed by atoms with E-state index in [-0.39, 0.29) is 12.1 Å². The van der Waals surface area contributed by atoms with E-state index in [1.165, 1.54) is 0 Å². The molecule has 0 bridgehead atoms. The van der Waals surface area contributed by atoms with Gasteiger partial charge in [-0.15, -0.1) is 0 Å². The van der Waals surface area contributed by atoms with Crippen LogP contribution in [0.15, 0.2) is 36.9 Å². The minimum absolute atomic E-state index is 0.0241. The maximum Gasteiger partial charge on any atom is 0.317 e. The quantitative estimate of drug-likeness (QED) is 0.821. The molecule has 1 fully saturated rings. The molecule has 3 rings (SSSR count). The van der Waals surface area contributed by atoms with Crippen LogP contribution in [0, 0.1) is 6.92 Å². The molecule has 1 saturated heterocycles. The largest absolute Gasteiger partial charge is 0.487 e. The number of likely N-dealkylation sites (tertiary alicyclic amines) is 1. The second-order valence-corrected chi connectivity index (χ2v) is 6.03. The number of nitrogens with one attached hydrogen (secondary N) is 1. The summed E-state index contributed by atoms with van der Waals surface area (Å²) >= 11 is 0. The summed E-state index contributed by atoms with van der Waals surface area (Å²) in [5.74, 6) is 0.749. The SMILES string of the molecule is Cc1cnn(CCCNC(=O)N2CC[C@H](Oc3cccnc3)C2)c1. The van der Waals surface area contributed by atoms with Gasteiger partial charge in [0.15, 0.2) is 0 Å². The highest BCUT2D eigenvalue weighted by atomic mass is 16.5. The molecule has 128 valence electrons. The van der Waals surface area contributed by atoms with Crippen molar-refractivity contribution in [2.24, 2.45) is 0 Å². The number of carbonyl (C=O) groups excluding carboxylic acids is 1. The highest BCUT2D eigenvalue weighted by Gasteiger charge is 2.27. The molecular formula is C17H23N5O2. The van der Waals surface area contributed by atoms with Crippen LogP contribution in [0.1, 0.15) is 18.4 Å². The van der Waals surface area contributed by atoms with E-state index in [2.05, 4.69) is 15.4 Å².